The topological polar surface area (TPSA) is 66.0 Å². The number of benzene rings is 1. The van der Waals surface area contributed by atoms with E-state index in [9.17, 15) is 4.39 Å². The summed E-state index contributed by atoms with van der Waals surface area (Å²) in [6.45, 7) is 2.61. The molecule has 0 amide bonds. The fourth-order valence-corrected chi connectivity index (χ4v) is 2.66. The zero-order chi connectivity index (χ0) is 14.0. The minimum Gasteiger partial charge on any atom is -0.384 e. The second-order valence-electron chi connectivity index (χ2n) is 4.29. The Bertz CT molecular complexity index is 608. The molecule has 0 fully saturated rings. The van der Waals surface area contributed by atoms with Crippen molar-refractivity contribution in [1.82, 2.24) is 4.98 Å². The lowest BCUT2D eigenvalue weighted by molar-refractivity contribution is 0.627. The minimum absolute atomic E-state index is 0.137. The number of thiazole rings is 1. The summed E-state index contributed by atoms with van der Waals surface area (Å²) >= 11 is 1.58. The van der Waals surface area contributed by atoms with Crippen molar-refractivity contribution in [3.05, 3.63) is 45.7 Å². The molecule has 1 aromatic heterocycles. The van der Waals surface area contributed by atoms with Crippen LogP contribution in [0.4, 0.5) is 10.1 Å². The molecule has 0 bridgehead atoms. The van der Waals surface area contributed by atoms with Crippen LogP contribution < -0.4 is 10.6 Å². The van der Waals surface area contributed by atoms with Crippen molar-refractivity contribution in [1.29, 1.82) is 5.41 Å². The molecule has 2 aromatic rings. The Morgan fingerprint density at radius 3 is 2.84 bits per heavy atom. The maximum atomic E-state index is 13.2. The van der Waals surface area contributed by atoms with Crippen LogP contribution in [0.25, 0.3) is 0 Å². The number of nitrogen functional groups attached to an aromatic ring is 1. The number of aryl methyl sites for hydroxylation is 1. The lowest BCUT2D eigenvalue weighted by atomic mass is 10.1. The number of anilines is 1. The molecule has 1 aromatic carbocycles. The molecule has 0 aliphatic rings. The van der Waals surface area contributed by atoms with E-state index in [0.717, 1.165) is 16.3 Å². The van der Waals surface area contributed by atoms with E-state index < -0.39 is 5.82 Å². The maximum Gasteiger partial charge on any atom is 0.125 e. The zero-order valence-electron chi connectivity index (χ0n) is 10.8. The van der Waals surface area contributed by atoms with Crippen LogP contribution >= 0.6 is 11.3 Å². The van der Waals surface area contributed by atoms with E-state index in [4.69, 9.17) is 11.1 Å². The first-order valence-electron chi connectivity index (χ1n) is 5.73. The lowest BCUT2D eigenvalue weighted by Crippen LogP contribution is -2.22. The van der Waals surface area contributed by atoms with Gasteiger partial charge in [0, 0.05) is 23.2 Å². The van der Waals surface area contributed by atoms with Gasteiger partial charge in [0.25, 0.3) is 0 Å². The number of aromatic nitrogens is 1. The molecule has 0 radical (unpaired) electrons. The average molecular weight is 278 g/mol. The molecule has 0 saturated carbocycles. The Morgan fingerprint density at radius 1 is 1.53 bits per heavy atom. The van der Waals surface area contributed by atoms with Crippen LogP contribution in [-0.4, -0.2) is 17.9 Å². The third kappa shape index (κ3) is 2.90. The monoisotopic (exact) mass is 278 g/mol. The molecule has 100 valence electrons. The van der Waals surface area contributed by atoms with Gasteiger partial charge >= 0.3 is 0 Å². The van der Waals surface area contributed by atoms with Gasteiger partial charge < -0.3 is 10.6 Å². The first-order valence-corrected chi connectivity index (χ1v) is 6.61. The molecule has 3 N–H and O–H groups in total. The average Bonchev–Trinajstić information content (AvgIpc) is 2.74. The first kappa shape index (κ1) is 13.5. The molecule has 0 saturated heterocycles. The molecule has 0 unspecified atom stereocenters. The highest BCUT2D eigenvalue weighted by atomic mass is 32.1. The quantitative estimate of drug-likeness (QED) is 0.667. The number of halogens is 1. The molecule has 2 rings (SSSR count). The van der Waals surface area contributed by atoms with Gasteiger partial charge in [-0.15, -0.1) is 11.3 Å². The number of nitrogens with two attached hydrogens (primary N) is 1. The summed E-state index contributed by atoms with van der Waals surface area (Å²) in [7, 11) is 1.89. The number of hydrogen-bond donors (Lipinski definition) is 2. The SMILES string of the molecule is Cc1ncsc1CN(C)c1ccc(F)cc1C(=N)N. The van der Waals surface area contributed by atoms with Crippen LogP contribution in [0.5, 0.6) is 0 Å². The fourth-order valence-electron chi connectivity index (χ4n) is 1.84. The maximum absolute atomic E-state index is 13.2. The van der Waals surface area contributed by atoms with E-state index in [2.05, 4.69) is 4.98 Å². The predicted molar refractivity (Wildman–Crippen MR) is 76.4 cm³/mol. The Morgan fingerprint density at radius 2 is 2.26 bits per heavy atom. The smallest absolute Gasteiger partial charge is 0.125 e. The highest BCUT2D eigenvalue weighted by Gasteiger charge is 2.13. The van der Waals surface area contributed by atoms with E-state index in [0.29, 0.717) is 12.1 Å². The van der Waals surface area contributed by atoms with Crippen LogP contribution in [0.1, 0.15) is 16.1 Å². The number of rotatable bonds is 4. The summed E-state index contributed by atoms with van der Waals surface area (Å²) in [5, 5.41) is 7.53. The van der Waals surface area contributed by atoms with Gasteiger partial charge in [-0.1, -0.05) is 0 Å². The van der Waals surface area contributed by atoms with Crippen LogP contribution in [0.3, 0.4) is 0 Å². The highest BCUT2D eigenvalue weighted by molar-refractivity contribution is 7.09. The van der Waals surface area contributed by atoms with E-state index in [1.807, 2.05) is 18.9 Å². The lowest BCUT2D eigenvalue weighted by Gasteiger charge is -2.21. The number of amidine groups is 1. The van der Waals surface area contributed by atoms with Crippen LogP contribution in [0.2, 0.25) is 0 Å². The van der Waals surface area contributed by atoms with Gasteiger partial charge in [0.2, 0.25) is 0 Å². The highest BCUT2D eigenvalue weighted by Crippen LogP contribution is 2.24. The minimum atomic E-state index is -0.392. The Balaban J connectivity index is 2.31. The van der Waals surface area contributed by atoms with Crippen LogP contribution in [0, 0.1) is 18.2 Å². The van der Waals surface area contributed by atoms with Gasteiger partial charge in [0.1, 0.15) is 11.7 Å². The van der Waals surface area contributed by atoms with Crippen molar-refractivity contribution in [3.8, 4) is 0 Å². The molecular weight excluding hydrogens is 263 g/mol. The Hall–Kier alpha value is -1.95. The molecule has 0 spiro atoms. The van der Waals surface area contributed by atoms with Crippen molar-refractivity contribution < 1.29 is 4.39 Å². The normalized spacial score (nSPS) is 10.5. The van der Waals surface area contributed by atoms with Gasteiger partial charge in [-0.25, -0.2) is 9.37 Å². The number of nitrogens with one attached hydrogen (secondary N) is 1. The van der Waals surface area contributed by atoms with Crippen molar-refractivity contribution in [2.45, 2.75) is 13.5 Å². The molecular formula is C13H15FN4S. The second-order valence-corrected chi connectivity index (χ2v) is 5.23. The molecule has 0 aliphatic carbocycles. The molecule has 0 aliphatic heterocycles. The van der Waals surface area contributed by atoms with Crippen molar-refractivity contribution in [2.24, 2.45) is 5.73 Å². The fraction of sp³-hybridized carbons (Fsp3) is 0.231. The molecule has 0 atom stereocenters. The van der Waals surface area contributed by atoms with Gasteiger partial charge in [-0.2, -0.15) is 0 Å². The summed E-state index contributed by atoms with van der Waals surface area (Å²) in [6, 6.07) is 4.30. The van der Waals surface area contributed by atoms with Crippen LogP contribution in [-0.2, 0) is 6.54 Å². The van der Waals surface area contributed by atoms with Gasteiger partial charge in [-0.05, 0) is 25.1 Å². The van der Waals surface area contributed by atoms with Crippen molar-refractivity contribution >= 4 is 22.9 Å². The molecule has 4 nitrogen and oxygen atoms in total. The van der Waals surface area contributed by atoms with E-state index in [1.54, 1.807) is 22.9 Å². The molecule has 1 heterocycles. The van der Waals surface area contributed by atoms with E-state index >= 15 is 0 Å². The Labute approximate surface area is 115 Å². The van der Waals surface area contributed by atoms with Gasteiger partial charge in [0.05, 0.1) is 17.7 Å². The first-order chi connectivity index (χ1) is 8.99. The second kappa shape index (κ2) is 5.36. The van der Waals surface area contributed by atoms with Crippen molar-refractivity contribution in [3.63, 3.8) is 0 Å². The summed E-state index contributed by atoms with van der Waals surface area (Å²) in [5.74, 6) is -0.529. The van der Waals surface area contributed by atoms with Crippen LogP contribution in [0.15, 0.2) is 23.7 Å². The summed E-state index contributed by atoms with van der Waals surface area (Å²) < 4.78 is 13.2. The number of nitrogens with zero attached hydrogens (tertiary/aromatic N) is 2. The van der Waals surface area contributed by atoms with Gasteiger partial charge in [0.15, 0.2) is 0 Å². The summed E-state index contributed by atoms with van der Waals surface area (Å²) in [4.78, 5) is 7.28. The largest absolute Gasteiger partial charge is 0.384 e. The zero-order valence-corrected chi connectivity index (χ0v) is 11.6. The summed E-state index contributed by atoms with van der Waals surface area (Å²) in [5.41, 5.74) is 9.44. The van der Waals surface area contributed by atoms with Gasteiger partial charge in [-0.3, -0.25) is 5.41 Å². The van der Waals surface area contributed by atoms with E-state index in [-0.39, 0.29) is 5.84 Å². The summed E-state index contributed by atoms with van der Waals surface area (Å²) in [6.07, 6.45) is 0. The standard InChI is InChI=1S/C13H15FN4S/c1-8-12(19-7-17-8)6-18(2)11-4-3-9(14)5-10(11)13(15)16/h3-5,7H,6H2,1-2H3,(H3,15,16). The predicted octanol–water partition coefficient (Wildman–Crippen LogP) is 2.51. The third-order valence-electron chi connectivity index (χ3n) is 2.89. The Kier molecular flexibility index (Phi) is 3.80. The molecule has 19 heavy (non-hydrogen) atoms. The van der Waals surface area contributed by atoms with Crippen molar-refractivity contribution in [2.75, 3.05) is 11.9 Å². The molecule has 6 heteroatoms. The number of hydrogen-bond acceptors (Lipinski definition) is 4. The third-order valence-corrected chi connectivity index (χ3v) is 3.81. The van der Waals surface area contributed by atoms with E-state index in [1.165, 1.54) is 12.1 Å².